The average molecular weight is 205 g/mol. The van der Waals surface area contributed by atoms with E-state index in [1.54, 1.807) is 0 Å². The molecular formula is C10H11N3O2. The number of aromatic nitrogens is 3. The standard InChI is InChI=1S/C10H11N3O2/c1-6-7(3-5-9(14)15)2-4-8-10(6)12-13-11-8/h2,4H,3,5H2,1H3,(H,14,15)(H,11,12,13). The molecule has 0 amide bonds. The number of hydrogen-bond donors (Lipinski definition) is 2. The number of H-pyrrole nitrogens is 1. The molecule has 1 aromatic carbocycles. The zero-order valence-electron chi connectivity index (χ0n) is 8.32. The minimum atomic E-state index is -0.783. The predicted molar refractivity (Wildman–Crippen MR) is 54.6 cm³/mol. The Balaban J connectivity index is 2.35. The fourth-order valence-corrected chi connectivity index (χ4v) is 1.60. The molecule has 0 spiro atoms. The lowest BCUT2D eigenvalue weighted by molar-refractivity contribution is -0.136. The number of aryl methyl sites for hydroxylation is 2. The molecule has 2 aromatic rings. The molecule has 15 heavy (non-hydrogen) atoms. The molecule has 0 atom stereocenters. The van der Waals surface area contributed by atoms with Gasteiger partial charge in [0.25, 0.3) is 0 Å². The monoisotopic (exact) mass is 205 g/mol. The third-order valence-electron chi connectivity index (χ3n) is 2.47. The Morgan fingerprint density at radius 2 is 2.33 bits per heavy atom. The molecule has 0 bridgehead atoms. The highest BCUT2D eigenvalue weighted by Crippen LogP contribution is 2.18. The molecule has 0 fully saturated rings. The van der Waals surface area contributed by atoms with Gasteiger partial charge in [0.2, 0.25) is 0 Å². The summed E-state index contributed by atoms with van der Waals surface area (Å²) in [5.74, 6) is -0.783. The number of nitrogens with zero attached hydrogens (tertiary/aromatic N) is 2. The van der Waals surface area contributed by atoms with Crippen LogP contribution in [-0.2, 0) is 11.2 Å². The largest absolute Gasteiger partial charge is 0.481 e. The summed E-state index contributed by atoms with van der Waals surface area (Å²) in [5, 5.41) is 19.0. The van der Waals surface area contributed by atoms with E-state index in [-0.39, 0.29) is 6.42 Å². The van der Waals surface area contributed by atoms with Gasteiger partial charge >= 0.3 is 5.97 Å². The van der Waals surface area contributed by atoms with Crippen molar-refractivity contribution in [1.82, 2.24) is 15.4 Å². The van der Waals surface area contributed by atoms with E-state index in [9.17, 15) is 4.79 Å². The Hall–Kier alpha value is -1.91. The maximum atomic E-state index is 10.5. The van der Waals surface area contributed by atoms with Crippen molar-refractivity contribution in [2.75, 3.05) is 0 Å². The first-order valence-electron chi connectivity index (χ1n) is 4.69. The van der Waals surface area contributed by atoms with Gasteiger partial charge < -0.3 is 5.11 Å². The second-order valence-electron chi connectivity index (χ2n) is 3.45. The van der Waals surface area contributed by atoms with E-state index in [4.69, 9.17) is 5.11 Å². The molecule has 1 aromatic heterocycles. The maximum Gasteiger partial charge on any atom is 0.303 e. The van der Waals surface area contributed by atoms with Crippen LogP contribution in [0.2, 0.25) is 0 Å². The topological polar surface area (TPSA) is 78.9 Å². The van der Waals surface area contributed by atoms with Crippen LogP contribution in [0.25, 0.3) is 11.0 Å². The van der Waals surface area contributed by atoms with Crippen molar-refractivity contribution < 1.29 is 9.90 Å². The van der Waals surface area contributed by atoms with Gasteiger partial charge in [-0.2, -0.15) is 0 Å². The lowest BCUT2D eigenvalue weighted by atomic mass is 10.0. The quantitative estimate of drug-likeness (QED) is 0.791. The molecule has 78 valence electrons. The number of aromatic amines is 1. The van der Waals surface area contributed by atoms with Gasteiger partial charge in [-0.05, 0) is 30.5 Å². The number of aliphatic carboxylic acids is 1. The van der Waals surface area contributed by atoms with E-state index in [2.05, 4.69) is 15.4 Å². The summed E-state index contributed by atoms with van der Waals surface area (Å²) in [5.41, 5.74) is 3.71. The molecule has 0 saturated carbocycles. The molecule has 2 rings (SSSR count). The summed E-state index contributed by atoms with van der Waals surface area (Å²) in [4.78, 5) is 10.5. The molecule has 0 saturated heterocycles. The van der Waals surface area contributed by atoms with Crippen molar-refractivity contribution in [2.24, 2.45) is 0 Å². The summed E-state index contributed by atoms with van der Waals surface area (Å²) in [6, 6.07) is 3.79. The minimum absolute atomic E-state index is 0.143. The number of hydrogen-bond acceptors (Lipinski definition) is 3. The van der Waals surface area contributed by atoms with Gasteiger partial charge in [0.05, 0.1) is 5.52 Å². The second-order valence-corrected chi connectivity index (χ2v) is 3.45. The first kappa shape index (κ1) is 9.64. The van der Waals surface area contributed by atoms with Crippen LogP contribution < -0.4 is 0 Å². The van der Waals surface area contributed by atoms with Crippen LogP contribution in [0.5, 0.6) is 0 Å². The molecule has 2 N–H and O–H groups in total. The number of carbonyl (C=O) groups is 1. The van der Waals surface area contributed by atoms with Crippen molar-refractivity contribution in [3.63, 3.8) is 0 Å². The lowest BCUT2D eigenvalue weighted by Crippen LogP contribution is -1.99. The maximum absolute atomic E-state index is 10.5. The van der Waals surface area contributed by atoms with Crippen molar-refractivity contribution in [3.05, 3.63) is 23.3 Å². The smallest absolute Gasteiger partial charge is 0.303 e. The Morgan fingerprint density at radius 1 is 1.53 bits per heavy atom. The van der Waals surface area contributed by atoms with Crippen molar-refractivity contribution in [1.29, 1.82) is 0 Å². The van der Waals surface area contributed by atoms with Gasteiger partial charge in [-0.1, -0.05) is 11.3 Å². The van der Waals surface area contributed by atoms with Gasteiger partial charge in [0, 0.05) is 6.42 Å². The van der Waals surface area contributed by atoms with Crippen LogP contribution in [0.15, 0.2) is 12.1 Å². The van der Waals surface area contributed by atoms with Crippen LogP contribution in [0.1, 0.15) is 17.5 Å². The van der Waals surface area contributed by atoms with Crippen LogP contribution in [0, 0.1) is 6.92 Å². The fraction of sp³-hybridized carbons (Fsp3) is 0.300. The molecule has 0 aliphatic carbocycles. The van der Waals surface area contributed by atoms with Crippen LogP contribution in [-0.4, -0.2) is 26.5 Å². The number of carboxylic acids is 1. The average Bonchev–Trinajstić information content (AvgIpc) is 2.65. The fourth-order valence-electron chi connectivity index (χ4n) is 1.60. The Labute approximate surface area is 86.1 Å². The van der Waals surface area contributed by atoms with E-state index in [1.165, 1.54) is 0 Å². The van der Waals surface area contributed by atoms with Crippen molar-refractivity contribution in [3.8, 4) is 0 Å². The van der Waals surface area contributed by atoms with Gasteiger partial charge in [-0.25, -0.2) is 0 Å². The van der Waals surface area contributed by atoms with Gasteiger partial charge in [0.1, 0.15) is 5.52 Å². The first-order valence-corrected chi connectivity index (χ1v) is 4.69. The Morgan fingerprint density at radius 3 is 3.07 bits per heavy atom. The third-order valence-corrected chi connectivity index (χ3v) is 2.47. The molecule has 5 nitrogen and oxygen atoms in total. The zero-order chi connectivity index (χ0) is 10.8. The van der Waals surface area contributed by atoms with Crippen molar-refractivity contribution in [2.45, 2.75) is 19.8 Å². The zero-order valence-corrected chi connectivity index (χ0v) is 8.32. The van der Waals surface area contributed by atoms with Crippen LogP contribution in [0.3, 0.4) is 0 Å². The van der Waals surface area contributed by atoms with Crippen LogP contribution >= 0.6 is 0 Å². The predicted octanol–water partition coefficient (Wildman–Crippen LogP) is 1.28. The summed E-state index contributed by atoms with van der Waals surface area (Å²) in [6.07, 6.45) is 0.675. The Bertz CT molecular complexity index is 504. The number of rotatable bonds is 3. The molecule has 0 radical (unpaired) electrons. The number of nitrogens with one attached hydrogen (secondary N) is 1. The number of benzene rings is 1. The normalized spacial score (nSPS) is 10.7. The number of fused-ring (bicyclic) bond motifs is 1. The van der Waals surface area contributed by atoms with Crippen LogP contribution in [0.4, 0.5) is 0 Å². The van der Waals surface area contributed by atoms with E-state index < -0.39 is 5.97 Å². The molecule has 0 aliphatic rings. The molecule has 0 unspecified atom stereocenters. The summed E-state index contributed by atoms with van der Waals surface area (Å²) >= 11 is 0. The van der Waals surface area contributed by atoms with E-state index >= 15 is 0 Å². The second kappa shape index (κ2) is 3.68. The number of carboxylic acid groups (broad SMARTS) is 1. The SMILES string of the molecule is Cc1c(CCC(=O)O)ccc2[nH]nnc12. The van der Waals surface area contributed by atoms with Gasteiger partial charge in [-0.15, -0.1) is 5.10 Å². The summed E-state index contributed by atoms with van der Waals surface area (Å²) in [6.45, 7) is 1.93. The molecule has 5 heteroatoms. The van der Waals surface area contributed by atoms with Gasteiger partial charge in [0.15, 0.2) is 0 Å². The lowest BCUT2D eigenvalue weighted by Gasteiger charge is -2.03. The van der Waals surface area contributed by atoms with Crippen molar-refractivity contribution >= 4 is 17.0 Å². The first-order chi connectivity index (χ1) is 7.18. The summed E-state index contributed by atoms with van der Waals surface area (Å²) in [7, 11) is 0. The van der Waals surface area contributed by atoms with E-state index in [0.29, 0.717) is 6.42 Å². The summed E-state index contributed by atoms with van der Waals surface area (Å²) < 4.78 is 0. The highest BCUT2D eigenvalue weighted by Gasteiger charge is 2.07. The third kappa shape index (κ3) is 1.81. The van der Waals surface area contributed by atoms with Gasteiger partial charge in [-0.3, -0.25) is 9.89 Å². The Kier molecular flexibility index (Phi) is 2.37. The highest BCUT2D eigenvalue weighted by atomic mass is 16.4. The van der Waals surface area contributed by atoms with E-state index in [1.807, 2.05) is 19.1 Å². The molecular weight excluding hydrogens is 194 g/mol. The molecule has 1 heterocycles. The highest BCUT2D eigenvalue weighted by molar-refractivity contribution is 5.78. The molecule has 0 aliphatic heterocycles. The minimum Gasteiger partial charge on any atom is -0.481 e. The van der Waals surface area contributed by atoms with E-state index in [0.717, 1.165) is 22.2 Å².